The Bertz CT molecular complexity index is 2020. The number of carbonyl (C=O) groups excluding carboxylic acids is 2. The molecule has 5 fully saturated rings. The van der Waals surface area contributed by atoms with Crippen LogP contribution in [0, 0.1) is 0 Å². The maximum Gasteiger partial charge on any atom is 0.408 e. The molecule has 0 aromatic carbocycles. The summed E-state index contributed by atoms with van der Waals surface area (Å²) < 4.78 is 65.0. The van der Waals surface area contributed by atoms with Gasteiger partial charge in [0.05, 0.1) is 70.5 Å². The van der Waals surface area contributed by atoms with Crippen LogP contribution >= 0.6 is 0 Å². The molecule has 35 heteroatoms. The minimum absolute atomic E-state index is 0.433. The fourth-order valence-corrected chi connectivity index (χ4v) is 8.97. The summed E-state index contributed by atoms with van der Waals surface area (Å²) in [6.07, 6.45) is -44.1. The lowest BCUT2D eigenvalue weighted by molar-refractivity contribution is -0.379. The van der Waals surface area contributed by atoms with Crippen LogP contribution in [0.15, 0.2) is 25.3 Å². The van der Waals surface area contributed by atoms with Crippen molar-refractivity contribution in [3.63, 3.8) is 0 Å². The van der Waals surface area contributed by atoms with Crippen LogP contribution in [0.4, 0.5) is 9.59 Å². The predicted octanol–water partition coefficient (Wildman–Crippen LogP) is -10.0. The lowest BCUT2D eigenvalue weighted by atomic mass is 9.96. The molecular weight excluding hydrogens is 1160 g/mol. The highest BCUT2D eigenvalue weighted by atomic mass is 16.8. The molecule has 5 aliphatic heterocycles. The SMILES string of the molecule is C=C[C@@H](O)[C@H](CO[C@@H]1OC(CO)[C@@H](O[C@@H]2OC(CO)[C@H](O)[C@H](O)C2O)[C@H](O)C1O)NC(=O)OC(C)(C)C.C=C[C@@H](O)[C@H](CO[C@@H]1OC(CO)[C@@H](O[C@@H]2OC(CO)[C@H](O[C@H]3OC(CO)[C@H](O)[C@H](O)C3O)[C@H](O)C2O)[C@H](O)C1O)NC(=O)OC(C)(C)C. The van der Waals surface area contributed by atoms with Crippen molar-refractivity contribution in [2.24, 2.45) is 0 Å². The van der Waals surface area contributed by atoms with E-state index in [-0.39, 0.29) is 0 Å². The van der Waals surface area contributed by atoms with Crippen LogP contribution in [-0.4, -0.2) is 344 Å². The van der Waals surface area contributed by atoms with Crippen LogP contribution in [0.3, 0.4) is 0 Å². The molecule has 496 valence electrons. The van der Waals surface area contributed by atoms with Gasteiger partial charge >= 0.3 is 12.2 Å². The monoisotopic (exact) mass is 1240 g/mol. The normalized spacial score (nSPS) is 40.5. The first-order valence-corrected chi connectivity index (χ1v) is 27.0. The number of rotatable bonds is 23. The van der Waals surface area contributed by atoms with Gasteiger partial charge in [0.1, 0.15) is 133 Å². The van der Waals surface area contributed by atoms with Crippen LogP contribution in [0.2, 0.25) is 0 Å². The Balaban J connectivity index is 0.000000377. The second-order valence-electron chi connectivity index (χ2n) is 22.4. The van der Waals surface area contributed by atoms with E-state index in [9.17, 15) is 107 Å². The van der Waals surface area contributed by atoms with Gasteiger partial charge in [0.15, 0.2) is 31.5 Å². The highest BCUT2D eigenvalue weighted by molar-refractivity contribution is 5.68. The van der Waals surface area contributed by atoms with Crippen LogP contribution in [0.1, 0.15) is 41.5 Å². The molecule has 85 heavy (non-hydrogen) atoms. The number of ether oxygens (including phenoxy) is 12. The molecule has 0 aromatic rings. The Morgan fingerprint density at radius 3 is 0.918 bits per heavy atom. The highest BCUT2D eigenvalue weighted by Gasteiger charge is 2.55. The average molecular weight is 1250 g/mol. The molecule has 0 radical (unpaired) electrons. The first-order valence-electron chi connectivity index (χ1n) is 27.0. The molecule has 0 spiro atoms. The van der Waals surface area contributed by atoms with Gasteiger partial charge in [0, 0.05) is 0 Å². The van der Waals surface area contributed by atoms with Crippen molar-refractivity contribution in [2.45, 2.75) is 231 Å². The van der Waals surface area contributed by atoms with Crippen molar-refractivity contribution in [3.8, 4) is 0 Å². The van der Waals surface area contributed by atoms with Crippen molar-refractivity contribution in [1.82, 2.24) is 10.6 Å². The minimum Gasteiger partial charge on any atom is -0.444 e. The Hall–Kier alpha value is -3.14. The molecule has 0 aliphatic carbocycles. The van der Waals surface area contributed by atoms with Crippen LogP contribution in [0.25, 0.3) is 0 Å². The first-order chi connectivity index (χ1) is 39.7. The van der Waals surface area contributed by atoms with E-state index >= 15 is 0 Å². The third kappa shape index (κ3) is 19.9. The topological polar surface area (TPSA) is 553 Å². The molecule has 0 saturated carbocycles. The largest absolute Gasteiger partial charge is 0.444 e. The van der Waals surface area contributed by atoms with E-state index in [2.05, 4.69) is 23.8 Å². The fraction of sp³-hybridized carbons (Fsp3) is 0.880. The summed E-state index contributed by atoms with van der Waals surface area (Å²) in [7, 11) is 0. The molecule has 0 bridgehead atoms. The summed E-state index contributed by atoms with van der Waals surface area (Å²) in [5.74, 6) is 0. The Morgan fingerprint density at radius 2 is 0.659 bits per heavy atom. The molecule has 5 saturated heterocycles. The highest BCUT2D eigenvalue weighted by Crippen LogP contribution is 2.34. The van der Waals surface area contributed by atoms with Gasteiger partial charge in [-0.3, -0.25) is 0 Å². The Kier molecular flexibility index (Phi) is 28.9. The fourth-order valence-electron chi connectivity index (χ4n) is 8.97. The second-order valence-corrected chi connectivity index (χ2v) is 22.4. The van der Waals surface area contributed by atoms with E-state index in [1.54, 1.807) is 41.5 Å². The average Bonchev–Trinajstić information content (AvgIpc) is 2.62. The Morgan fingerprint density at radius 1 is 0.412 bits per heavy atom. The summed E-state index contributed by atoms with van der Waals surface area (Å²) in [5.41, 5.74) is -1.67. The van der Waals surface area contributed by atoms with Gasteiger partial charge in [-0.15, -0.1) is 13.2 Å². The number of aliphatic hydroxyl groups excluding tert-OH is 19. The number of hydrogen-bond donors (Lipinski definition) is 21. The van der Waals surface area contributed by atoms with E-state index in [4.69, 9.17) is 56.8 Å². The van der Waals surface area contributed by atoms with Crippen molar-refractivity contribution in [2.75, 3.05) is 46.2 Å². The van der Waals surface area contributed by atoms with Gasteiger partial charge in [0.25, 0.3) is 0 Å². The van der Waals surface area contributed by atoms with Gasteiger partial charge in [-0.05, 0) is 41.5 Å². The van der Waals surface area contributed by atoms with Gasteiger partial charge in [-0.25, -0.2) is 9.59 Å². The molecule has 10 unspecified atom stereocenters. The quantitative estimate of drug-likeness (QED) is 0.0423. The zero-order valence-corrected chi connectivity index (χ0v) is 47.5. The first kappa shape index (κ1) is 74.3. The lowest BCUT2D eigenvalue weighted by Crippen LogP contribution is -2.66. The molecule has 5 aliphatic rings. The number of hydrogen-bond acceptors (Lipinski definition) is 33. The van der Waals surface area contributed by atoms with E-state index in [0.29, 0.717) is 0 Å². The molecule has 0 aromatic heterocycles. The van der Waals surface area contributed by atoms with E-state index in [0.717, 1.165) is 12.2 Å². The smallest absolute Gasteiger partial charge is 0.408 e. The van der Waals surface area contributed by atoms with Gasteiger partial charge in [0.2, 0.25) is 0 Å². The molecular formula is C50H88N2O33. The molecule has 2 amide bonds. The summed E-state index contributed by atoms with van der Waals surface area (Å²) in [4.78, 5) is 24.4. The number of aliphatic hydroxyl groups is 19. The van der Waals surface area contributed by atoms with Crippen molar-refractivity contribution in [1.29, 1.82) is 0 Å². The maximum absolute atomic E-state index is 12.2. The summed E-state index contributed by atoms with van der Waals surface area (Å²) in [5, 5.41) is 199. The Labute approximate surface area is 487 Å². The minimum atomic E-state index is -1.99. The maximum atomic E-state index is 12.2. The zero-order valence-electron chi connectivity index (χ0n) is 47.5. The lowest BCUT2D eigenvalue weighted by Gasteiger charge is -2.48. The number of nitrogens with one attached hydrogen (secondary N) is 2. The van der Waals surface area contributed by atoms with Crippen molar-refractivity contribution in [3.05, 3.63) is 25.3 Å². The summed E-state index contributed by atoms with van der Waals surface area (Å²) in [6, 6.07) is -2.23. The molecule has 5 heterocycles. The van der Waals surface area contributed by atoms with Crippen LogP contribution in [-0.2, 0) is 56.8 Å². The molecule has 29 atom stereocenters. The second kappa shape index (κ2) is 33.1. The number of amides is 2. The molecule has 21 N–H and O–H groups in total. The van der Waals surface area contributed by atoms with Crippen LogP contribution in [0.5, 0.6) is 0 Å². The number of carbonyl (C=O) groups is 2. The molecule has 5 rings (SSSR count). The zero-order chi connectivity index (χ0) is 64.2. The third-order valence-electron chi connectivity index (χ3n) is 13.6. The van der Waals surface area contributed by atoms with Crippen LogP contribution < -0.4 is 10.6 Å². The van der Waals surface area contributed by atoms with E-state index in [1.807, 2.05) is 0 Å². The van der Waals surface area contributed by atoms with Gasteiger partial charge in [-0.2, -0.15) is 0 Å². The van der Waals surface area contributed by atoms with E-state index in [1.165, 1.54) is 0 Å². The summed E-state index contributed by atoms with van der Waals surface area (Å²) >= 11 is 0. The third-order valence-corrected chi connectivity index (χ3v) is 13.6. The van der Waals surface area contributed by atoms with Gasteiger partial charge in [-0.1, -0.05) is 12.2 Å². The van der Waals surface area contributed by atoms with E-state index < -0.39 is 247 Å². The molecule has 35 nitrogen and oxygen atoms in total. The van der Waals surface area contributed by atoms with Crippen molar-refractivity contribution >= 4 is 12.2 Å². The summed E-state index contributed by atoms with van der Waals surface area (Å²) in [6.45, 7) is 11.9. The predicted molar refractivity (Wildman–Crippen MR) is 276 cm³/mol. The number of alkyl carbamates (subject to hydrolysis) is 2. The van der Waals surface area contributed by atoms with Gasteiger partial charge < -0.3 is 164 Å². The standard InChI is InChI=1S/C28H49NO19.C22H39NO14/c1-5-11(33)10(29-27(41)48-28(2,3)4)9-42-24-20(39)17(36)22(13(7-31)44-24)47-26-21(40)18(37)23(14(8-32)45-26)46-25-19(38)16(35)15(34)12(6-30)43-25;1-5-10(26)9(23-21(32)37-22(2,3)4)8-33-19-17(31)15(29)18(12(7-25)35-19)36-20-16(30)14(28)13(27)11(6-24)34-20/h5,10-26,30-40H,1,6-9H2,2-4H3,(H,29,41);5,9-20,24-31H,1,6-8H2,2-4H3,(H,23,32)/t10-,11+,12?,13?,14?,15-,16-,17+,18+,19?,20?,21?,22+,23-,24+,25+,26-;9-,10+,11?,12?,13-,14-,15+,16?,17?,18+,19+,20-/m00/s1. The van der Waals surface area contributed by atoms with Crippen molar-refractivity contribution < 1.29 is 163 Å².